The fraction of sp³-hybridized carbons (Fsp3) is 0.294. The third-order valence-corrected chi connectivity index (χ3v) is 3.97. The predicted molar refractivity (Wildman–Crippen MR) is 87.3 cm³/mol. The number of halogens is 1. The van der Waals surface area contributed by atoms with Gasteiger partial charge in [-0.25, -0.2) is 19.4 Å². The van der Waals surface area contributed by atoms with Crippen molar-refractivity contribution in [3.8, 4) is 0 Å². The van der Waals surface area contributed by atoms with E-state index in [0.29, 0.717) is 29.5 Å². The van der Waals surface area contributed by atoms with E-state index in [2.05, 4.69) is 15.0 Å². The SMILES string of the molecule is CC(=O)/C(C)=N/c1c(C)ncnc1N1CCc2cc(F)ccc21. The molecule has 3 rings (SSSR count). The highest BCUT2D eigenvalue weighted by molar-refractivity contribution is 6.38. The molecule has 2 heterocycles. The fourth-order valence-corrected chi connectivity index (χ4v) is 2.62. The molecule has 0 bridgehead atoms. The summed E-state index contributed by atoms with van der Waals surface area (Å²) in [6.45, 7) is 5.67. The normalized spacial score (nSPS) is 14.1. The summed E-state index contributed by atoms with van der Waals surface area (Å²) in [5.74, 6) is 0.307. The average molecular weight is 312 g/mol. The molecule has 1 aliphatic rings. The van der Waals surface area contributed by atoms with Crippen LogP contribution in [0.3, 0.4) is 0 Å². The molecule has 118 valence electrons. The Morgan fingerprint density at radius 2 is 2.09 bits per heavy atom. The zero-order chi connectivity index (χ0) is 16.6. The van der Waals surface area contributed by atoms with Crippen LogP contribution in [-0.4, -0.2) is 28.0 Å². The third kappa shape index (κ3) is 2.84. The van der Waals surface area contributed by atoms with Gasteiger partial charge in [-0.1, -0.05) is 0 Å². The summed E-state index contributed by atoms with van der Waals surface area (Å²) in [5.41, 5.74) is 3.55. The Labute approximate surface area is 133 Å². The Hall–Kier alpha value is -2.63. The number of benzene rings is 1. The van der Waals surface area contributed by atoms with Crippen molar-refractivity contribution in [2.24, 2.45) is 4.99 Å². The lowest BCUT2D eigenvalue weighted by Gasteiger charge is -2.20. The lowest BCUT2D eigenvalue weighted by Crippen LogP contribution is -2.16. The number of aliphatic imine (C=N–C) groups is 1. The molecule has 1 aromatic heterocycles. The summed E-state index contributed by atoms with van der Waals surface area (Å²) in [6.07, 6.45) is 2.22. The summed E-state index contributed by atoms with van der Waals surface area (Å²) in [4.78, 5) is 26.5. The summed E-state index contributed by atoms with van der Waals surface area (Å²) in [7, 11) is 0. The number of hydrogen-bond acceptors (Lipinski definition) is 5. The number of anilines is 2. The minimum absolute atomic E-state index is 0.0944. The van der Waals surface area contributed by atoms with Gasteiger partial charge in [0, 0.05) is 19.2 Å². The number of fused-ring (bicyclic) bond motifs is 1. The second-order valence-corrected chi connectivity index (χ2v) is 5.56. The van der Waals surface area contributed by atoms with Crippen molar-refractivity contribution in [1.82, 2.24) is 9.97 Å². The number of carbonyl (C=O) groups excluding carboxylic acids is 1. The number of aryl methyl sites for hydroxylation is 1. The van der Waals surface area contributed by atoms with Crippen molar-refractivity contribution in [3.63, 3.8) is 0 Å². The van der Waals surface area contributed by atoms with E-state index < -0.39 is 0 Å². The number of hydrogen-bond donors (Lipinski definition) is 0. The van der Waals surface area contributed by atoms with Crippen LogP contribution in [0, 0.1) is 12.7 Å². The van der Waals surface area contributed by atoms with E-state index in [1.807, 2.05) is 11.8 Å². The van der Waals surface area contributed by atoms with E-state index in [1.54, 1.807) is 19.1 Å². The van der Waals surface area contributed by atoms with Gasteiger partial charge in [-0.3, -0.25) is 4.79 Å². The number of ketones is 1. The van der Waals surface area contributed by atoms with E-state index in [4.69, 9.17) is 0 Å². The molecule has 0 spiro atoms. The van der Waals surface area contributed by atoms with E-state index in [9.17, 15) is 9.18 Å². The molecule has 5 nitrogen and oxygen atoms in total. The minimum Gasteiger partial charge on any atom is -0.324 e. The van der Waals surface area contributed by atoms with Crippen molar-refractivity contribution in [2.45, 2.75) is 27.2 Å². The van der Waals surface area contributed by atoms with Crippen LogP contribution in [0.15, 0.2) is 29.5 Å². The van der Waals surface area contributed by atoms with E-state index in [1.165, 1.54) is 19.3 Å². The van der Waals surface area contributed by atoms with Crippen LogP contribution in [0.2, 0.25) is 0 Å². The van der Waals surface area contributed by atoms with Crippen LogP contribution < -0.4 is 4.90 Å². The van der Waals surface area contributed by atoms with Crippen molar-refractivity contribution in [1.29, 1.82) is 0 Å². The largest absolute Gasteiger partial charge is 0.324 e. The van der Waals surface area contributed by atoms with Crippen LogP contribution in [-0.2, 0) is 11.2 Å². The molecule has 1 aliphatic heterocycles. The Balaban J connectivity index is 2.11. The molecule has 0 unspecified atom stereocenters. The van der Waals surface area contributed by atoms with Crippen molar-refractivity contribution >= 4 is 28.7 Å². The first-order valence-electron chi connectivity index (χ1n) is 7.41. The molecule has 0 saturated carbocycles. The topological polar surface area (TPSA) is 58.5 Å². The van der Waals surface area contributed by atoms with Gasteiger partial charge >= 0.3 is 0 Å². The molecule has 0 atom stereocenters. The zero-order valence-electron chi connectivity index (χ0n) is 13.3. The van der Waals surface area contributed by atoms with E-state index in [-0.39, 0.29) is 11.6 Å². The number of rotatable bonds is 3. The van der Waals surface area contributed by atoms with Gasteiger partial charge in [-0.2, -0.15) is 0 Å². The molecular formula is C17H17FN4O. The van der Waals surface area contributed by atoms with Gasteiger partial charge in [0.25, 0.3) is 0 Å². The molecule has 0 radical (unpaired) electrons. The third-order valence-electron chi connectivity index (χ3n) is 3.97. The average Bonchev–Trinajstić information content (AvgIpc) is 2.91. The second kappa shape index (κ2) is 5.87. The van der Waals surface area contributed by atoms with Crippen LogP contribution in [0.25, 0.3) is 0 Å². The van der Waals surface area contributed by atoms with Crippen molar-refractivity contribution in [2.75, 3.05) is 11.4 Å². The Bertz CT molecular complexity index is 816. The first-order valence-corrected chi connectivity index (χ1v) is 7.41. The molecule has 1 aromatic carbocycles. The molecule has 23 heavy (non-hydrogen) atoms. The molecule has 2 aromatic rings. The number of nitrogens with zero attached hydrogens (tertiary/aromatic N) is 4. The van der Waals surface area contributed by atoms with Crippen molar-refractivity contribution in [3.05, 3.63) is 41.6 Å². The van der Waals surface area contributed by atoms with Crippen LogP contribution in [0.4, 0.5) is 21.6 Å². The van der Waals surface area contributed by atoms with Crippen LogP contribution >= 0.6 is 0 Å². The van der Waals surface area contributed by atoms with E-state index in [0.717, 1.165) is 17.7 Å². The zero-order valence-corrected chi connectivity index (χ0v) is 13.3. The molecule has 0 N–H and O–H groups in total. The smallest absolute Gasteiger partial charge is 0.173 e. The highest BCUT2D eigenvalue weighted by atomic mass is 19.1. The van der Waals surface area contributed by atoms with Gasteiger partial charge in [0.15, 0.2) is 11.6 Å². The summed E-state index contributed by atoms with van der Waals surface area (Å²) < 4.78 is 13.4. The Morgan fingerprint density at radius 1 is 1.30 bits per heavy atom. The van der Waals surface area contributed by atoms with Crippen molar-refractivity contribution < 1.29 is 9.18 Å². The number of Topliss-reactive ketones (excluding diaryl/α,β-unsaturated/α-hetero) is 1. The predicted octanol–water partition coefficient (Wildman–Crippen LogP) is 3.30. The molecule has 6 heteroatoms. The first-order chi connectivity index (χ1) is 11.0. The standard InChI is InChI=1S/C17H17FN4O/c1-10(12(3)23)21-16-11(2)19-9-20-17(16)22-7-6-13-8-14(18)4-5-15(13)22/h4-5,8-9H,6-7H2,1-3H3/b21-10+. The Kier molecular flexibility index (Phi) is 3.90. The molecule has 0 aliphatic carbocycles. The van der Waals surface area contributed by atoms with Gasteiger partial charge < -0.3 is 4.90 Å². The van der Waals surface area contributed by atoms with Gasteiger partial charge in [-0.05, 0) is 44.0 Å². The summed E-state index contributed by atoms with van der Waals surface area (Å²) in [6, 6.07) is 4.74. The molecule has 0 amide bonds. The first kappa shape index (κ1) is 15.3. The monoisotopic (exact) mass is 312 g/mol. The molecule has 0 saturated heterocycles. The van der Waals surface area contributed by atoms with Gasteiger partial charge in [-0.15, -0.1) is 0 Å². The van der Waals surface area contributed by atoms with Crippen LogP contribution in [0.5, 0.6) is 0 Å². The molecular weight excluding hydrogens is 295 g/mol. The van der Waals surface area contributed by atoms with Gasteiger partial charge in [0.2, 0.25) is 0 Å². The van der Waals surface area contributed by atoms with Gasteiger partial charge in [0.1, 0.15) is 17.8 Å². The van der Waals surface area contributed by atoms with Gasteiger partial charge in [0.05, 0.1) is 11.4 Å². The second-order valence-electron chi connectivity index (χ2n) is 5.56. The van der Waals surface area contributed by atoms with Crippen LogP contribution in [0.1, 0.15) is 25.1 Å². The lowest BCUT2D eigenvalue weighted by atomic mass is 10.1. The maximum absolute atomic E-state index is 13.4. The summed E-state index contributed by atoms with van der Waals surface area (Å²) in [5, 5.41) is 0. The maximum Gasteiger partial charge on any atom is 0.173 e. The highest BCUT2D eigenvalue weighted by Crippen LogP contribution is 2.39. The maximum atomic E-state index is 13.4. The number of aromatic nitrogens is 2. The highest BCUT2D eigenvalue weighted by Gasteiger charge is 2.25. The number of carbonyl (C=O) groups is 1. The fourth-order valence-electron chi connectivity index (χ4n) is 2.62. The summed E-state index contributed by atoms with van der Waals surface area (Å²) >= 11 is 0. The quantitative estimate of drug-likeness (QED) is 0.816. The van der Waals surface area contributed by atoms with E-state index >= 15 is 0 Å². The molecule has 0 fully saturated rings. The minimum atomic E-state index is -0.241. The lowest BCUT2D eigenvalue weighted by molar-refractivity contribution is -0.111. The Morgan fingerprint density at radius 3 is 2.83 bits per heavy atom.